The van der Waals surface area contributed by atoms with Gasteiger partial charge >= 0.3 is 37.7 Å². The van der Waals surface area contributed by atoms with Crippen LogP contribution in [0.5, 0.6) is 0 Å². The fraction of sp³-hybridized carbons (Fsp3) is 1.00. The zero-order chi connectivity index (χ0) is 5.41. The molecule has 0 amide bonds. The maximum atomic E-state index is 8.25. The first kappa shape index (κ1) is 22.7. The van der Waals surface area contributed by atoms with Crippen molar-refractivity contribution in [3.05, 3.63) is 0 Å². The molecule has 3 nitrogen and oxygen atoms in total. The van der Waals surface area contributed by atoms with Gasteiger partial charge in [0.05, 0.1) is 0 Å². The molecule has 0 aliphatic heterocycles. The van der Waals surface area contributed by atoms with Gasteiger partial charge in [0.15, 0.2) is 0 Å². The summed E-state index contributed by atoms with van der Waals surface area (Å²) in [6.45, 7) is 2.04. The largest absolute Gasteiger partial charge is 2.00 e. The molecule has 0 spiro atoms. The fourth-order valence-electron chi connectivity index (χ4n) is 0. The van der Waals surface area contributed by atoms with Crippen molar-refractivity contribution in [2.75, 3.05) is 5.75 Å². The summed E-state index contributed by atoms with van der Waals surface area (Å²) in [5.74, 6) is 1.06. The van der Waals surface area contributed by atoms with Gasteiger partial charge in [0.25, 0.3) is 0 Å². The van der Waals surface area contributed by atoms with Crippen LogP contribution in [0.4, 0.5) is 0 Å². The van der Waals surface area contributed by atoms with Crippen LogP contribution in [0.25, 0.3) is 0 Å². The molecule has 1 radical (unpaired) electrons. The Morgan fingerprint density at radius 3 is 1.50 bits per heavy atom. The van der Waals surface area contributed by atoms with Crippen molar-refractivity contribution < 1.29 is 15.5 Å². The summed E-state index contributed by atoms with van der Waals surface area (Å²) in [7, 11) is -0.500. The van der Waals surface area contributed by atoms with Crippen LogP contribution in [0.2, 0.25) is 0 Å². The second-order valence-electron chi connectivity index (χ2n) is 0.450. The first-order valence-electron chi connectivity index (χ1n) is 1.53. The molecule has 6 heteroatoms. The van der Waals surface area contributed by atoms with Crippen LogP contribution < -0.4 is 10.0 Å². The molecule has 0 aliphatic rings. The van der Waals surface area contributed by atoms with E-state index in [1.165, 1.54) is 0 Å². The van der Waals surface area contributed by atoms with Gasteiger partial charge in [-0.1, -0.05) is 0 Å². The summed E-state index contributed by atoms with van der Waals surface area (Å²) < 4.78 is 0. The van der Waals surface area contributed by atoms with Gasteiger partial charge in [-0.2, -0.15) is 0 Å². The third-order valence-corrected chi connectivity index (χ3v) is 0. The van der Waals surface area contributed by atoms with Crippen LogP contribution >= 0.6 is 0 Å². The summed E-state index contributed by atoms with van der Waals surface area (Å²) in [6, 6.07) is 0. The Morgan fingerprint density at radius 2 is 1.50 bits per heavy atom. The predicted octanol–water partition coefficient (Wildman–Crippen LogP) is -3.30. The van der Waals surface area contributed by atoms with E-state index in [-0.39, 0.29) is 43.2 Å². The minimum atomic E-state index is -0.500. The average molecular weight is 163 g/mol. The SMILES string of the molecule is CC[SH2+].[Ca+2].[O-][B][O-].[OH-]. The molecule has 0 unspecified atom stereocenters. The van der Waals surface area contributed by atoms with Gasteiger partial charge in [-0.05, 0) is 19.6 Å². The Bertz CT molecular complexity index is 19.2. The van der Waals surface area contributed by atoms with Crippen LogP contribution in [-0.2, 0) is 12.6 Å². The van der Waals surface area contributed by atoms with Crippen molar-refractivity contribution in [2.24, 2.45) is 0 Å². The van der Waals surface area contributed by atoms with Gasteiger partial charge in [-0.3, -0.25) is 0 Å². The molecule has 0 fully saturated rings. The fourth-order valence-corrected chi connectivity index (χ4v) is 0. The molecule has 0 rings (SSSR count). The summed E-state index contributed by atoms with van der Waals surface area (Å²) in [5.41, 5.74) is 0. The topological polar surface area (TPSA) is 76.1 Å². The Kier molecular flexibility index (Phi) is 109. The van der Waals surface area contributed by atoms with Crippen LogP contribution in [0, 0.1) is 0 Å². The smallest absolute Gasteiger partial charge is 0.900 e. The van der Waals surface area contributed by atoms with Gasteiger partial charge in [0, 0.05) is 0 Å². The van der Waals surface area contributed by atoms with Gasteiger partial charge < -0.3 is 15.5 Å². The normalized spacial score (nSPS) is 4.00. The van der Waals surface area contributed by atoms with E-state index in [0.29, 0.717) is 0 Å². The van der Waals surface area contributed by atoms with Crippen molar-refractivity contribution in [2.45, 2.75) is 6.92 Å². The van der Waals surface area contributed by atoms with Crippen molar-refractivity contribution in [1.82, 2.24) is 0 Å². The monoisotopic (exact) mass is 163 g/mol. The van der Waals surface area contributed by atoms with Gasteiger partial charge in [0.2, 0.25) is 0 Å². The molecule has 0 heterocycles. The van der Waals surface area contributed by atoms with Crippen LogP contribution in [0.1, 0.15) is 6.92 Å². The van der Waals surface area contributed by atoms with Gasteiger partial charge in [-0.25, -0.2) is 7.69 Å². The van der Waals surface area contributed by atoms with Crippen molar-refractivity contribution in [3.8, 4) is 0 Å². The molecule has 0 aromatic carbocycles. The zero-order valence-corrected chi connectivity index (χ0v) is 7.96. The molecular formula is C2H8BCaO3S. The van der Waals surface area contributed by atoms with E-state index in [2.05, 4.69) is 12.6 Å². The molecule has 0 aromatic rings. The molecule has 0 aliphatic carbocycles. The van der Waals surface area contributed by atoms with E-state index in [0.717, 1.165) is 5.75 Å². The maximum absolute atomic E-state index is 8.25. The third-order valence-electron chi connectivity index (χ3n) is 0. The third kappa shape index (κ3) is 134. The average Bonchev–Trinajstić information content (AvgIpc) is 1.39. The summed E-state index contributed by atoms with van der Waals surface area (Å²) in [5, 5.41) is 16.5. The minimum Gasteiger partial charge on any atom is -0.900 e. The van der Waals surface area contributed by atoms with Crippen LogP contribution in [0.15, 0.2) is 0 Å². The van der Waals surface area contributed by atoms with Crippen molar-refractivity contribution in [1.29, 1.82) is 0 Å². The van der Waals surface area contributed by atoms with E-state index in [1.807, 2.05) is 6.92 Å². The summed E-state index contributed by atoms with van der Waals surface area (Å²) in [6.07, 6.45) is 0. The Hall–Kier alpha value is 1.55. The maximum Gasteiger partial charge on any atom is 2.00 e. The number of hydrogen-bond acceptors (Lipinski definition) is 3. The first-order chi connectivity index (χ1) is 2.83. The molecule has 45 valence electrons. The second-order valence-corrected chi connectivity index (χ2v) is 1.16. The first-order valence-corrected chi connectivity index (χ1v) is 2.24. The van der Waals surface area contributed by atoms with E-state index >= 15 is 0 Å². The van der Waals surface area contributed by atoms with E-state index < -0.39 is 7.69 Å². The van der Waals surface area contributed by atoms with Crippen molar-refractivity contribution >= 4 is 58.1 Å². The number of rotatable bonds is 0. The molecular weight excluding hydrogens is 155 g/mol. The quantitative estimate of drug-likeness (QED) is 0.277. The summed E-state index contributed by atoms with van der Waals surface area (Å²) >= 11 is 3.18. The number of hydrogen-bond donors (Lipinski definition) is 0. The second kappa shape index (κ2) is 38.6. The molecule has 0 atom stereocenters. The van der Waals surface area contributed by atoms with E-state index in [9.17, 15) is 0 Å². The predicted molar refractivity (Wildman–Crippen MR) is 34.1 cm³/mol. The standard InChI is InChI=1S/C2H6S.BO2.Ca.H2O/c1-2-3;2-1-3;;/h3H,2H2,1H3;;;1H2/q;-2;+2;. The van der Waals surface area contributed by atoms with Gasteiger partial charge in [0.1, 0.15) is 5.75 Å². The Morgan fingerprint density at radius 1 is 1.50 bits per heavy atom. The van der Waals surface area contributed by atoms with E-state index in [1.54, 1.807) is 0 Å². The van der Waals surface area contributed by atoms with Crippen molar-refractivity contribution in [3.63, 3.8) is 0 Å². The van der Waals surface area contributed by atoms with Crippen LogP contribution in [0.3, 0.4) is 0 Å². The molecule has 0 bridgehead atoms. The Labute approximate surface area is 85.5 Å². The van der Waals surface area contributed by atoms with E-state index in [4.69, 9.17) is 10.0 Å². The Balaban J connectivity index is -0.0000000160. The molecule has 1 N–H and O–H groups in total. The molecule has 0 aromatic heterocycles. The molecule has 0 saturated carbocycles. The zero-order valence-electron chi connectivity index (χ0n) is 4.76. The minimum absolute atomic E-state index is 0. The molecule has 8 heavy (non-hydrogen) atoms. The summed E-state index contributed by atoms with van der Waals surface area (Å²) in [4.78, 5) is 0. The van der Waals surface area contributed by atoms with Gasteiger partial charge in [-0.15, -0.1) is 0 Å². The molecule has 0 saturated heterocycles. The van der Waals surface area contributed by atoms with Crippen LogP contribution in [-0.4, -0.2) is 56.7 Å².